The summed E-state index contributed by atoms with van der Waals surface area (Å²) >= 11 is 3.19. The number of rotatable bonds is 12. The summed E-state index contributed by atoms with van der Waals surface area (Å²) in [6.45, 7) is 0.986. The van der Waals surface area contributed by atoms with E-state index in [-0.39, 0.29) is 0 Å². The first-order chi connectivity index (χ1) is 18.9. The Morgan fingerprint density at radius 1 is 0.590 bits per heavy atom. The standard InChI is InChI=1S/C30H24N2O5S2/c33-31(34)17-15-23-3-1-5-29(19-23)38-27-11-7-25(8-12-27)21-37-22-26-9-13-28(14-10-26)39-30-6-2-4-24(20-30)16-18-32(35)36/h1-20H,21-22H2. The van der Waals surface area contributed by atoms with E-state index >= 15 is 0 Å². The number of hydrogen-bond acceptors (Lipinski definition) is 7. The van der Waals surface area contributed by atoms with Crippen LogP contribution in [-0.2, 0) is 18.0 Å². The van der Waals surface area contributed by atoms with Crippen molar-refractivity contribution in [3.8, 4) is 0 Å². The SMILES string of the molecule is O=[N+]([O-])C=Cc1cccc(Sc2ccc(COCc3ccc(Sc4cccc(C=C[N+](=O)[O-])c4)cc3)cc2)c1. The fourth-order valence-corrected chi connectivity index (χ4v) is 5.30. The van der Waals surface area contributed by atoms with Crippen LogP contribution in [-0.4, -0.2) is 9.85 Å². The van der Waals surface area contributed by atoms with Crippen molar-refractivity contribution >= 4 is 35.7 Å². The zero-order valence-corrected chi connectivity index (χ0v) is 22.3. The molecule has 39 heavy (non-hydrogen) atoms. The Labute approximate surface area is 234 Å². The summed E-state index contributed by atoms with van der Waals surface area (Å²) in [6.07, 6.45) is 4.85. The summed E-state index contributed by atoms with van der Waals surface area (Å²) in [7, 11) is 0. The van der Waals surface area contributed by atoms with Gasteiger partial charge in [0.05, 0.1) is 23.1 Å². The third-order valence-electron chi connectivity index (χ3n) is 5.35. The van der Waals surface area contributed by atoms with E-state index < -0.39 is 9.85 Å². The van der Waals surface area contributed by atoms with Crippen LogP contribution in [0.4, 0.5) is 0 Å². The fourth-order valence-electron chi connectivity index (χ4n) is 3.52. The van der Waals surface area contributed by atoms with Gasteiger partial charge in [0.1, 0.15) is 0 Å². The quantitative estimate of drug-likeness (QED) is 0.128. The highest BCUT2D eigenvalue weighted by Gasteiger charge is 2.03. The molecule has 4 aromatic carbocycles. The monoisotopic (exact) mass is 556 g/mol. The van der Waals surface area contributed by atoms with Gasteiger partial charge >= 0.3 is 0 Å². The molecule has 0 heterocycles. The lowest BCUT2D eigenvalue weighted by Gasteiger charge is -2.08. The molecule has 0 unspecified atom stereocenters. The second-order valence-corrected chi connectivity index (χ2v) is 10.6. The van der Waals surface area contributed by atoms with Gasteiger partial charge < -0.3 is 4.74 Å². The molecule has 0 aliphatic rings. The number of nitro groups is 2. The van der Waals surface area contributed by atoms with Crippen LogP contribution >= 0.6 is 23.5 Å². The van der Waals surface area contributed by atoms with E-state index in [4.69, 9.17) is 4.74 Å². The van der Waals surface area contributed by atoms with Crippen LogP contribution in [0.1, 0.15) is 22.3 Å². The number of benzene rings is 4. The maximum atomic E-state index is 10.5. The largest absolute Gasteiger partial charge is 0.372 e. The summed E-state index contributed by atoms with van der Waals surface area (Å²) in [5.41, 5.74) is 3.70. The molecule has 0 aliphatic carbocycles. The average Bonchev–Trinajstić information content (AvgIpc) is 2.93. The fraction of sp³-hybridized carbons (Fsp3) is 0.0667. The van der Waals surface area contributed by atoms with E-state index in [9.17, 15) is 20.2 Å². The van der Waals surface area contributed by atoms with Gasteiger partial charge in [0.2, 0.25) is 12.4 Å². The van der Waals surface area contributed by atoms with Crippen LogP contribution in [0, 0.1) is 20.2 Å². The van der Waals surface area contributed by atoms with Crippen molar-refractivity contribution in [3.63, 3.8) is 0 Å². The van der Waals surface area contributed by atoms with Crippen LogP contribution in [0.15, 0.2) is 129 Å². The van der Waals surface area contributed by atoms with Crippen molar-refractivity contribution in [2.45, 2.75) is 32.8 Å². The van der Waals surface area contributed by atoms with Gasteiger partial charge in [-0.2, -0.15) is 0 Å². The van der Waals surface area contributed by atoms with Gasteiger partial charge in [0.25, 0.3) is 0 Å². The maximum absolute atomic E-state index is 10.5. The first kappa shape index (κ1) is 27.8. The van der Waals surface area contributed by atoms with Crippen molar-refractivity contribution < 1.29 is 14.6 Å². The highest BCUT2D eigenvalue weighted by molar-refractivity contribution is 7.99. The lowest BCUT2D eigenvalue weighted by atomic mass is 10.2. The smallest absolute Gasteiger partial charge is 0.235 e. The molecule has 4 aromatic rings. The molecule has 0 radical (unpaired) electrons. The van der Waals surface area contributed by atoms with Crippen LogP contribution in [0.25, 0.3) is 12.2 Å². The molecular weight excluding hydrogens is 532 g/mol. The Morgan fingerprint density at radius 3 is 1.38 bits per heavy atom. The van der Waals surface area contributed by atoms with Crippen LogP contribution < -0.4 is 0 Å². The molecule has 0 saturated heterocycles. The normalized spacial score (nSPS) is 11.3. The average molecular weight is 557 g/mol. The van der Waals surface area contributed by atoms with Crippen molar-refractivity contribution in [1.82, 2.24) is 0 Å². The molecule has 0 spiro atoms. The second kappa shape index (κ2) is 14.1. The Kier molecular flexibility index (Phi) is 10.1. The van der Waals surface area contributed by atoms with E-state index in [0.717, 1.165) is 54.2 Å². The summed E-state index contributed by atoms with van der Waals surface area (Å²) < 4.78 is 5.91. The topological polar surface area (TPSA) is 95.5 Å². The molecule has 0 N–H and O–H groups in total. The molecule has 0 fully saturated rings. The van der Waals surface area contributed by atoms with Gasteiger partial charge in [-0.15, -0.1) is 0 Å². The van der Waals surface area contributed by atoms with Gasteiger partial charge in [0.15, 0.2) is 0 Å². The molecule has 7 nitrogen and oxygen atoms in total. The minimum atomic E-state index is -0.472. The third kappa shape index (κ3) is 9.57. The molecule has 0 amide bonds. The predicted molar refractivity (Wildman–Crippen MR) is 155 cm³/mol. The zero-order valence-electron chi connectivity index (χ0n) is 20.7. The van der Waals surface area contributed by atoms with Gasteiger partial charge in [-0.05, 0) is 70.8 Å². The molecule has 0 aromatic heterocycles. The summed E-state index contributed by atoms with van der Waals surface area (Å²) in [6, 6.07) is 31.5. The second-order valence-electron chi connectivity index (χ2n) is 8.33. The minimum Gasteiger partial charge on any atom is -0.372 e. The minimum absolute atomic E-state index is 0.472. The van der Waals surface area contributed by atoms with Crippen molar-refractivity contribution in [2.24, 2.45) is 0 Å². The zero-order chi connectivity index (χ0) is 27.5. The van der Waals surface area contributed by atoms with Crippen LogP contribution in [0.5, 0.6) is 0 Å². The highest BCUT2D eigenvalue weighted by atomic mass is 32.2. The van der Waals surface area contributed by atoms with E-state index in [1.165, 1.54) is 12.2 Å². The van der Waals surface area contributed by atoms with E-state index in [1.807, 2.05) is 97.1 Å². The van der Waals surface area contributed by atoms with Crippen LogP contribution in [0.2, 0.25) is 0 Å². The summed E-state index contributed by atoms with van der Waals surface area (Å²) in [5, 5.41) is 21.1. The molecular formula is C30H24N2O5S2. The molecule has 0 aliphatic heterocycles. The first-order valence-electron chi connectivity index (χ1n) is 11.9. The lowest BCUT2D eigenvalue weighted by molar-refractivity contribution is -0.401. The van der Waals surface area contributed by atoms with Gasteiger partial charge in [-0.25, -0.2) is 0 Å². The predicted octanol–water partition coefficient (Wildman–Crippen LogP) is 8.20. The van der Waals surface area contributed by atoms with Gasteiger partial charge in [-0.3, -0.25) is 20.2 Å². The summed E-state index contributed by atoms with van der Waals surface area (Å²) in [4.78, 5) is 24.3. The third-order valence-corrected chi connectivity index (χ3v) is 7.34. The van der Waals surface area contributed by atoms with Crippen molar-refractivity contribution in [2.75, 3.05) is 0 Å². The van der Waals surface area contributed by atoms with E-state index in [0.29, 0.717) is 13.2 Å². The van der Waals surface area contributed by atoms with Crippen molar-refractivity contribution in [3.05, 3.63) is 152 Å². The first-order valence-corrected chi connectivity index (χ1v) is 13.5. The van der Waals surface area contributed by atoms with E-state index in [1.54, 1.807) is 23.5 Å². The Balaban J connectivity index is 1.25. The number of ether oxygens (including phenoxy) is 1. The molecule has 0 bridgehead atoms. The van der Waals surface area contributed by atoms with Crippen molar-refractivity contribution in [1.29, 1.82) is 0 Å². The van der Waals surface area contributed by atoms with Gasteiger partial charge in [-0.1, -0.05) is 72.1 Å². The number of nitrogens with zero attached hydrogens (tertiary/aromatic N) is 2. The Morgan fingerprint density at radius 2 is 1.00 bits per heavy atom. The molecule has 0 saturated carbocycles. The molecule has 196 valence electrons. The van der Waals surface area contributed by atoms with Crippen LogP contribution in [0.3, 0.4) is 0 Å². The Bertz CT molecular complexity index is 1370. The molecule has 0 atom stereocenters. The number of hydrogen-bond donors (Lipinski definition) is 0. The molecule has 4 rings (SSSR count). The van der Waals surface area contributed by atoms with Gasteiger partial charge in [0, 0.05) is 31.7 Å². The Hall–Kier alpha value is -4.18. The summed E-state index contributed by atoms with van der Waals surface area (Å²) in [5.74, 6) is 0. The maximum Gasteiger partial charge on any atom is 0.235 e. The van der Waals surface area contributed by atoms with E-state index in [2.05, 4.69) is 0 Å². The lowest BCUT2D eigenvalue weighted by Crippen LogP contribution is -1.94. The highest BCUT2D eigenvalue weighted by Crippen LogP contribution is 2.30. The molecule has 9 heteroatoms.